The Morgan fingerprint density at radius 3 is 2.28 bits per heavy atom. The van der Waals surface area contributed by atoms with Gasteiger partial charge in [-0.1, -0.05) is 104 Å². The molecule has 1 aliphatic heterocycles. The van der Waals surface area contributed by atoms with Crippen LogP contribution in [0.2, 0.25) is 23.7 Å². The van der Waals surface area contributed by atoms with E-state index in [4.69, 9.17) is 0 Å². The molecule has 2 unspecified atom stereocenters. The summed E-state index contributed by atoms with van der Waals surface area (Å²) in [6.07, 6.45) is 14.8. The van der Waals surface area contributed by atoms with Gasteiger partial charge in [0.15, 0.2) is 0 Å². The minimum Gasteiger partial charge on any atom is -0.0688 e. The first-order valence-electron chi connectivity index (χ1n) is 8.58. The van der Waals surface area contributed by atoms with Gasteiger partial charge in [-0.25, -0.2) is 0 Å². The number of rotatable bonds is 8. The molecule has 0 aromatic carbocycles. The van der Waals surface area contributed by atoms with Crippen molar-refractivity contribution in [2.45, 2.75) is 109 Å². The van der Waals surface area contributed by atoms with Gasteiger partial charge in [0.05, 0.1) is 8.07 Å². The van der Waals surface area contributed by atoms with E-state index in [2.05, 4.69) is 27.3 Å². The van der Waals surface area contributed by atoms with Crippen LogP contribution in [-0.2, 0) is 0 Å². The van der Waals surface area contributed by atoms with Crippen molar-refractivity contribution in [1.29, 1.82) is 0 Å². The molecule has 0 amide bonds. The van der Waals surface area contributed by atoms with Crippen LogP contribution in [0.1, 0.15) is 85.0 Å². The maximum absolute atomic E-state index is 2.74. The topological polar surface area (TPSA) is 0 Å². The van der Waals surface area contributed by atoms with Gasteiger partial charge in [-0.05, 0) is 5.04 Å². The van der Waals surface area contributed by atoms with Gasteiger partial charge in [-0.15, -0.1) is 0 Å². The molecule has 0 N–H and O–H groups in total. The quantitative estimate of drug-likeness (QED) is 0.336. The Hall–Kier alpha value is 0.217. The van der Waals surface area contributed by atoms with Crippen LogP contribution in [0, 0.1) is 0 Å². The second-order valence-corrected chi connectivity index (χ2v) is 12.6. The normalized spacial score (nSPS) is 32.7. The Bertz CT molecular complexity index is 202. The Balaban J connectivity index is 2.58. The lowest BCUT2D eigenvalue weighted by Crippen LogP contribution is -2.46. The maximum Gasteiger partial charge on any atom is 0.0564 e. The molecule has 0 aromatic rings. The molecule has 108 valence electrons. The van der Waals surface area contributed by atoms with Crippen molar-refractivity contribution in [1.82, 2.24) is 0 Å². The van der Waals surface area contributed by atoms with Crippen molar-refractivity contribution in [3.05, 3.63) is 0 Å². The molecule has 1 fully saturated rings. The molecule has 2 atom stereocenters. The Morgan fingerprint density at radius 2 is 1.61 bits per heavy atom. The highest BCUT2D eigenvalue weighted by molar-refractivity contribution is 6.81. The molecule has 0 aromatic heterocycles. The Labute approximate surface area is 117 Å². The molecule has 1 rings (SSSR count). The molecule has 1 aliphatic rings. The van der Waals surface area contributed by atoms with Crippen LogP contribution in [0.5, 0.6) is 0 Å². The fraction of sp³-hybridized carbons (Fsp3) is 1.00. The number of unbranched alkanes of at least 4 members (excludes halogenated alkanes) is 4. The van der Waals surface area contributed by atoms with E-state index >= 15 is 0 Å². The average Bonchev–Trinajstić information content (AvgIpc) is 2.34. The Kier molecular flexibility index (Phi) is 6.98. The SMILES string of the molecule is CCCCCC1(C)CCCC[Si]1(C)CCCCC. The van der Waals surface area contributed by atoms with E-state index in [0.29, 0.717) is 0 Å². The van der Waals surface area contributed by atoms with E-state index in [1.54, 1.807) is 18.5 Å². The summed E-state index contributed by atoms with van der Waals surface area (Å²) < 4.78 is 0. The maximum atomic E-state index is 2.74. The lowest BCUT2D eigenvalue weighted by atomic mass is 9.95. The van der Waals surface area contributed by atoms with Gasteiger partial charge in [-0.3, -0.25) is 0 Å². The minimum absolute atomic E-state index is 0.772. The monoisotopic (exact) mass is 268 g/mol. The molecular formula is C17H36Si. The van der Waals surface area contributed by atoms with Gasteiger partial charge in [0.2, 0.25) is 0 Å². The van der Waals surface area contributed by atoms with Crippen molar-refractivity contribution >= 4 is 8.07 Å². The summed E-state index contributed by atoms with van der Waals surface area (Å²) in [5.41, 5.74) is 0. The zero-order valence-corrected chi connectivity index (χ0v) is 14.5. The first kappa shape index (κ1) is 16.3. The van der Waals surface area contributed by atoms with Gasteiger partial charge in [0.25, 0.3) is 0 Å². The van der Waals surface area contributed by atoms with Crippen LogP contribution < -0.4 is 0 Å². The van der Waals surface area contributed by atoms with Crippen LogP contribution in [0.3, 0.4) is 0 Å². The molecule has 0 bridgehead atoms. The van der Waals surface area contributed by atoms with Crippen molar-refractivity contribution in [3.8, 4) is 0 Å². The molecule has 1 heterocycles. The molecule has 1 saturated heterocycles. The van der Waals surface area contributed by atoms with Gasteiger partial charge in [0, 0.05) is 0 Å². The van der Waals surface area contributed by atoms with Crippen molar-refractivity contribution < 1.29 is 0 Å². The molecule has 0 nitrogen and oxygen atoms in total. The first-order chi connectivity index (χ1) is 8.58. The van der Waals surface area contributed by atoms with Gasteiger partial charge in [0.1, 0.15) is 0 Å². The Morgan fingerprint density at radius 1 is 0.944 bits per heavy atom. The summed E-state index contributed by atoms with van der Waals surface area (Å²) in [7, 11) is -0.977. The number of hydrogen-bond acceptors (Lipinski definition) is 0. The molecule has 0 saturated carbocycles. The third-order valence-corrected chi connectivity index (χ3v) is 12.2. The predicted molar refractivity (Wildman–Crippen MR) is 87.1 cm³/mol. The van der Waals surface area contributed by atoms with E-state index in [-0.39, 0.29) is 0 Å². The highest BCUT2D eigenvalue weighted by atomic mass is 28.3. The predicted octanol–water partition coefficient (Wildman–Crippen LogP) is 6.78. The second-order valence-electron chi connectivity index (χ2n) is 7.24. The van der Waals surface area contributed by atoms with E-state index in [9.17, 15) is 0 Å². The lowest BCUT2D eigenvalue weighted by Gasteiger charge is -2.49. The molecule has 0 spiro atoms. The molecule has 1 heteroatoms. The van der Waals surface area contributed by atoms with E-state index in [1.165, 1.54) is 57.8 Å². The summed E-state index contributed by atoms with van der Waals surface area (Å²) in [4.78, 5) is 0. The van der Waals surface area contributed by atoms with E-state index in [1.807, 2.05) is 0 Å². The zero-order chi connectivity index (χ0) is 13.5. The van der Waals surface area contributed by atoms with Crippen LogP contribution in [0.15, 0.2) is 0 Å². The fourth-order valence-electron chi connectivity index (χ4n) is 4.02. The average molecular weight is 269 g/mol. The van der Waals surface area contributed by atoms with E-state index < -0.39 is 8.07 Å². The molecule has 0 aliphatic carbocycles. The second kappa shape index (κ2) is 7.72. The smallest absolute Gasteiger partial charge is 0.0564 e. The lowest BCUT2D eigenvalue weighted by molar-refractivity contribution is 0.421. The molecule has 18 heavy (non-hydrogen) atoms. The standard InChI is InChI=1S/C17H36Si/c1-5-7-9-13-17(3)14-10-12-16-18(17,4)15-11-8-6-2/h5-16H2,1-4H3. The largest absolute Gasteiger partial charge is 0.0688 e. The van der Waals surface area contributed by atoms with Crippen LogP contribution in [0.25, 0.3) is 0 Å². The fourth-order valence-corrected chi connectivity index (χ4v) is 9.10. The molecule has 0 radical (unpaired) electrons. The van der Waals surface area contributed by atoms with Gasteiger partial charge in [-0.2, -0.15) is 0 Å². The number of hydrogen-bond donors (Lipinski definition) is 0. The van der Waals surface area contributed by atoms with Gasteiger partial charge >= 0.3 is 0 Å². The third-order valence-electron chi connectivity index (χ3n) is 5.83. The van der Waals surface area contributed by atoms with Crippen LogP contribution in [0.4, 0.5) is 0 Å². The van der Waals surface area contributed by atoms with Crippen molar-refractivity contribution in [2.75, 3.05) is 0 Å². The first-order valence-corrected chi connectivity index (χ1v) is 11.5. The van der Waals surface area contributed by atoms with E-state index in [0.717, 1.165) is 5.04 Å². The van der Waals surface area contributed by atoms with Crippen LogP contribution >= 0.6 is 0 Å². The van der Waals surface area contributed by atoms with Gasteiger partial charge < -0.3 is 0 Å². The third kappa shape index (κ3) is 4.11. The van der Waals surface area contributed by atoms with Crippen molar-refractivity contribution in [2.24, 2.45) is 0 Å². The van der Waals surface area contributed by atoms with Crippen LogP contribution in [-0.4, -0.2) is 8.07 Å². The summed E-state index contributed by atoms with van der Waals surface area (Å²) >= 11 is 0. The van der Waals surface area contributed by atoms with Crippen molar-refractivity contribution in [3.63, 3.8) is 0 Å². The summed E-state index contributed by atoms with van der Waals surface area (Å²) in [6, 6.07) is 3.24. The zero-order valence-electron chi connectivity index (χ0n) is 13.5. The summed E-state index contributed by atoms with van der Waals surface area (Å²) in [6.45, 7) is 10.1. The highest BCUT2D eigenvalue weighted by Crippen LogP contribution is 2.54. The summed E-state index contributed by atoms with van der Waals surface area (Å²) in [5, 5.41) is 0.772. The molecular weight excluding hydrogens is 232 g/mol. The highest BCUT2D eigenvalue weighted by Gasteiger charge is 2.46. The minimum atomic E-state index is -0.977. The summed E-state index contributed by atoms with van der Waals surface area (Å²) in [5.74, 6) is 0.